The van der Waals surface area contributed by atoms with E-state index in [2.05, 4.69) is 0 Å². The van der Waals surface area contributed by atoms with E-state index in [1.165, 1.54) is 24.3 Å². The number of hydrogen-bond donors (Lipinski definition) is 1. The van der Waals surface area contributed by atoms with Crippen molar-refractivity contribution in [1.29, 1.82) is 0 Å². The molecule has 116 valence electrons. The monoisotopic (exact) mass is 329 g/mol. The number of primary amides is 1. The summed E-state index contributed by atoms with van der Waals surface area (Å²) >= 11 is 5.59. The highest BCUT2D eigenvalue weighted by atomic mass is 35.5. The predicted molar refractivity (Wildman–Crippen MR) is 75.7 cm³/mol. The lowest BCUT2D eigenvalue weighted by molar-refractivity contribution is -0.139. The molecule has 1 amide bonds. The zero-order chi connectivity index (χ0) is 16.3. The van der Waals surface area contributed by atoms with Crippen LogP contribution in [0.5, 0.6) is 5.75 Å². The molecule has 22 heavy (non-hydrogen) atoms. The van der Waals surface area contributed by atoms with Crippen LogP contribution in [-0.4, -0.2) is 5.91 Å². The molecule has 7 heteroatoms. The smallest absolute Gasteiger partial charge is 0.420 e. The lowest BCUT2D eigenvalue weighted by Crippen LogP contribution is -2.11. The fourth-order valence-electron chi connectivity index (χ4n) is 1.78. The van der Waals surface area contributed by atoms with Gasteiger partial charge in [0.25, 0.3) is 0 Å². The minimum absolute atomic E-state index is 0.0227. The van der Waals surface area contributed by atoms with Crippen LogP contribution in [0.1, 0.15) is 21.5 Å². The molecule has 0 spiro atoms. The van der Waals surface area contributed by atoms with Crippen LogP contribution < -0.4 is 10.5 Å². The van der Waals surface area contributed by atoms with Gasteiger partial charge in [0, 0.05) is 10.6 Å². The number of halogens is 4. The average molecular weight is 330 g/mol. The van der Waals surface area contributed by atoms with E-state index in [9.17, 15) is 18.0 Å². The standard InChI is InChI=1S/C15H11ClF3NO2/c16-11-5-6-13(12(7-11)15(17,18)19)22-8-9-1-3-10(4-2-9)14(20)21/h1-7H,8H2,(H2,20,21). The number of nitrogens with two attached hydrogens (primary N) is 1. The van der Waals surface area contributed by atoms with Crippen molar-refractivity contribution in [3.63, 3.8) is 0 Å². The summed E-state index contributed by atoms with van der Waals surface area (Å²) in [5.41, 5.74) is 5.08. The molecule has 3 nitrogen and oxygen atoms in total. The van der Waals surface area contributed by atoms with Crippen molar-refractivity contribution in [2.45, 2.75) is 12.8 Å². The summed E-state index contributed by atoms with van der Waals surface area (Å²) in [5, 5.41) is -0.0227. The Morgan fingerprint density at radius 1 is 1.14 bits per heavy atom. The molecule has 2 N–H and O–H groups in total. The van der Waals surface area contributed by atoms with E-state index < -0.39 is 17.6 Å². The van der Waals surface area contributed by atoms with Crippen molar-refractivity contribution in [3.05, 3.63) is 64.2 Å². The van der Waals surface area contributed by atoms with Gasteiger partial charge in [-0.1, -0.05) is 23.7 Å². The molecular formula is C15H11ClF3NO2. The molecular weight excluding hydrogens is 319 g/mol. The summed E-state index contributed by atoms with van der Waals surface area (Å²) in [6.45, 7) is -0.0796. The van der Waals surface area contributed by atoms with Crippen LogP contribution in [0.3, 0.4) is 0 Å². The molecule has 0 aliphatic heterocycles. The lowest BCUT2D eigenvalue weighted by Gasteiger charge is -2.14. The van der Waals surface area contributed by atoms with E-state index in [0.29, 0.717) is 11.1 Å². The Balaban J connectivity index is 2.16. The number of benzene rings is 2. The zero-order valence-corrected chi connectivity index (χ0v) is 11.9. The SMILES string of the molecule is NC(=O)c1ccc(COc2ccc(Cl)cc2C(F)(F)F)cc1. The fraction of sp³-hybridized carbons (Fsp3) is 0.133. The maximum atomic E-state index is 12.9. The molecule has 2 aromatic carbocycles. The maximum Gasteiger partial charge on any atom is 0.420 e. The molecule has 0 unspecified atom stereocenters. The summed E-state index contributed by atoms with van der Waals surface area (Å²) in [7, 11) is 0. The first-order chi connectivity index (χ1) is 10.3. The first-order valence-corrected chi connectivity index (χ1v) is 6.53. The van der Waals surface area contributed by atoms with Gasteiger partial charge in [-0.2, -0.15) is 13.2 Å². The first kappa shape index (κ1) is 16.2. The van der Waals surface area contributed by atoms with Gasteiger partial charge >= 0.3 is 6.18 Å². The van der Waals surface area contributed by atoms with Gasteiger partial charge in [0.1, 0.15) is 12.4 Å². The van der Waals surface area contributed by atoms with Crippen molar-refractivity contribution >= 4 is 17.5 Å². The molecule has 0 radical (unpaired) electrons. The average Bonchev–Trinajstić information content (AvgIpc) is 2.45. The van der Waals surface area contributed by atoms with Crippen LogP contribution in [0.15, 0.2) is 42.5 Å². The highest BCUT2D eigenvalue weighted by Crippen LogP contribution is 2.38. The minimum atomic E-state index is -4.56. The second-order valence-corrected chi connectivity index (χ2v) is 4.92. The van der Waals surface area contributed by atoms with Gasteiger partial charge in [-0.05, 0) is 35.9 Å². The third-order valence-corrected chi connectivity index (χ3v) is 3.11. The molecule has 0 fully saturated rings. The molecule has 2 rings (SSSR count). The minimum Gasteiger partial charge on any atom is -0.488 e. The molecule has 0 bridgehead atoms. The molecule has 2 aromatic rings. The maximum absolute atomic E-state index is 12.9. The van der Waals surface area contributed by atoms with Crippen LogP contribution in [0.25, 0.3) is 0 Å². The Morgan fingerprint density at radius 2 is 1.77 bits per heavy atom. The summed E-state index contributed by atoms with van der Waals surface area (Å²) in [6, 6.07) is 9.38. The number of rotatable bonds is 4. The second-order valence-electron chi connectivity index (χ2n) is 4.49. The van der Waals surface area contributed by atoms with Crippen LogP contribution in [0.4, 0.5) is 13.2 Å². The Morgan fingerprint density at radius 3 is 2.32 bits per heavy atom. The van der Waals surface area contributed by atoms with Crippen molar-refractivity contribution in [1.82, 2.24) is 0 Å². The predicted octanol–water partition coefficient (Wildman–Crippen LogP) is 4.04. The third kappa shape index (κ3) is 3.92. The fourth-order valence-corrected chi connectivity index (χ4v) is 1.95. The third-order valence-electron chi connectivity index (χ3n) is 2.88. The van der Waals surface area contributed by atoms with Gasteiger partial charge in [0.05, 0.1) is 5.56 Å². The van der Waals surface area contributed by atoms with Crippen LogP contribution >= 0.6 is 11.6 Å². The van der Waals surface area contributed by atoms with Gasteiger partial charge in [-0.3, -0.25) is 4.79 Å². The van der Waals surface area contributed by atoms with E-state index in [1.807, 2.05) is 0 Å². The summed E-state index contributed by atoms with van der Waals surface area (Å²) in [6.07, 6.45) is -4.56. The Kier molecular flexibility index (Phi) is 4.61. The highest BCUT2D eigenvalue weighted by molar-refractivity contribution is 6.30. The molecule has 0 heterocycles. The van der Waals surface area contributed by atoms with E-state index >= 15 is 0 Å². The van der Waals surface area contributed by atoms with E-state index in [0.717, 1.165) is 6.07 Å². The number of alkyl halides is 3. The Labute approximate surface area is 129 Å². The Bertz CT molecular complexity index is 684. The topological polar surface area (TPSA) is 52.3 Å². The van der Waals surface area contributed by atoms with E-state index in [1.54, 1.807) is 12.1 Å². The van der Waals surface area contributed by atoms with Gasteiger partial charge < -0.3 is 10.5 Å². The van der Waals surface area contributed by atoms with Crippen molar-refractivity contribution in [3.8, 4) is 5.75 Å². The van der Waals surface area contributed by atoms with Gasteiger partial charge in [-0.25, -0.2) is 0 Å². The van der Waals surface area contributed by atoms with Crippen molar-refractivity contribution < 1.29 is 22.7 Å². The second kappa shape index (κ2) is 6.27. The van der Waals surface area contributed by atoms with Crippen molar-refractivity contribution in [2.24, 2.45) is 5.73 Å². The zero-order valence-electron chi connectivity index (χ0n) is 11.2. The molecule has 0 aliphatic carbocycles. The number of ether oxygens (including phenoxy) is 1. The van der Waals surface area contributed by atoms with Gasteiger partial charge in [0.2, 0.25) is 5.91 Å². The number of carbonyl (C=O) groups is 1. The number of hydrogen-bond acceptors (Lipinski definition) is 2. The van der Waals surface area contributed by atoms with Gasteiger partial charge in [0.15, 0.2) is 0 Å². The Hall–Kier alpha value is -2.21. The van der Waals surface area contributed by atoms with Crippen molar-refractivity contribution in [2.75, 3.05) is 0 Å². The summed E-state index contributed by atoms with van der Waals surface area (Å²) in [4.78, 5) is 10.9. The molecule has 0 saturated heterocycles. The van der Waals surface area contributed by atoms with Crippen LogP contribution in [0, 0.1) is 0 Å². The quantitative estimate of drug-likeness (QED) is 0.920. The lowest BCUT2D eigenvalue weighted by atomic mass is 10.1. The van der Waals surface area contributed by atoms with Crippen LogP contribution in [-0.2, 0) is 12.8 Å². The highest BCUT2D eigenvalue weighted by Gasteiger charge is 2.34. The summed E-state index contributed by atoms with van der Waals surface area (Å²) in [5.74, 6) is -0.889. The normalized spacial score (nSPS) is 11.3. The molecule has 0 aliphatic rings. The number of carbonyl (C=O) groups excluding carboxylic acids is 1. The molecule has 0 atom stereocenters. The van der Waals surface area contributed by atoms with Crippen LogP contribution in [0.2, 0.25) is 5.02 Å². The summed E-state index contributed by atoms with van der Waals surface area (Å²) < 4.78 is 43.9. The number of amides is 1. The largest absolute Gasteiger partial charge is 0.488 e. The molecule has 0 aromatic heterocycles. The van der Waals surface area contributed by atoms with E-state index in [4.69, 9.17) is 22.1 Å². The van der Waals surface area contributed by atoms with E-state index in [-0.39, 0.29) is 17.4 Å². The first-order valence-electron chi connectivity index (χ1n) is 6.15. The van der Waals surface area contributed by atoms with Gasteiger partial charge in [-0.15, -0.1) is 0 Å². The molecule has 0 saturated carbocycles.